The number of carbonyl (C=O) groups excluding carboxylic acids is 1. The third kappa shape index (κ3) is 4.08. The minimum atomic E-state index is -0.515. The maximum absolute atomic E-state index is 11.1. The van der Waals surface area contributed by atoms with E-state index >= 15 is 0 Å². The van der Waals surface area contributed by atoms with Crippen LogP contribution in [0.3, 0.4) is 0 Å². The summed E-state index contributed by atoms with van der Waals surface area (Å²) < 4.78 is 10.2. The summed E-state index contributed by atoms with van der Waals surface area (Å²) in [5.74, 6) is -0.339. The molecule has 94 valence electrons. The monoisotopic (exact) mass is 230 g/mol. The number of ether oxygens (including phenoxy) is 2. The molecule has 1 saturated heterocycles. The van der Waals surface area contributed by atoms with Gasteiger partial charge in [0, 0.05) is 19.6 Å². The van der Waals surface area contributed by atoms with Gasteiger partial charge >= 0.3 is 5.97 Å². The molecule has 1 aliphatic rings. The molecular formula is C11H22N2O3. The van der Waals surface area contributed by atoms with Gasteiger partial charge in [0.25, 0.3) is 0 Å². The van der Waals surface area contributed by atoms with Gasteiger partial charge in [-0.1, -0.05) is 0 Å². The van der Waals surface area contributed by atoms with Crippen LogP contribution in [0.15, 0.2) is 0 Å². The SMILES string of the molecule is COC(=O)C(N)CCN1C[C@@H](C)O[C@@H](C)C1. The molecule has 1 unspecified atom stereocenters. The summed E-state index contributed by atoms with van der Waals surface area (Å²) in [6, 6.07) is -0.515. The summed E-state index contributed by atoms with van der Waals surface area (Å²) >= 11 is 0. The number of carbonyl (C=O) groups is 1. The molecule has 5 heteroatoms. The number of nitrogens with two attached hydrogens (primary N) is 1. The average Bonchev–Trinajstić information content (AvgIpc) is 2.23. The number of hydrogen-bond donors (Lipinski definition) is 1. The van der Waals surface area contributed by atoms with Crippen molar-refractivity contribution in [1.29, 1.82) is 0 Å². The molecule has 1 aliphatic heterocycles. The Balaban J connectivity index is 2.29. The van der Waals surface area contributed by atoms with E-state index in [2.05, 4.69) is 23.5 Å². The molecule has 1 fully saturated rings. The van der Waals surface area contributed by atoms with Gasteiger partial charge in [-0.05, 0) is 20.3 Å². The first-order valence-electron chi connectivity index (χ1n) is 5.74. The van der Waals surface area contributed by atoms with Gasteiger partial charge in [0.05, 0.1) is 19.3 Å². The molecule has 16 heavy (non-hydrogen) atoms. The predicted molar refractivity (Wildman–Crippen MR) is 61.1 cm³/mol. The molecule has 1 heterocycles. The van der Waals surface area contributed by atoms with Crippen LogP contribution in [0.2, 0.25) is 0 Å². The lowest BCUT2D eigenvalue weighted by atomic mass is 10.1. The van der Waals surface area contributed by atoms with Crippen LogP contribution in [-0.4, -0.2) is 55.9 Å². The molecule has 0 aromatic heterocycles. The Labute approximate surface area is 96.9 Å². The fourth-order valence-electron chi connectivity index (χ4n) is 2.06. The van der Waals surface area contributed by atoms with E-state index in [1.807, 2.05) is 0 Å². The summed E-state index contributed by atoms with van der Waals surface area (Å²) in [5.41, 5.74) is 5.68. The van der Waals surface area contributed by atoms with E-state index in [9.17, 15) is 4.79 Å². The second-order valence-corrected chi connectivity index (χ2v) is 4.44. The maximum Gasteiger partial charge on any atom is 0.322 e. The highest BCUT2D eigenvalue weighted by Crippen LogP contribution is 2.11. The topological polar surface area (TPSA) is 64.8 Å². The van der Waals surface area contributed by atoms with Crippen LogP contribution in [-0.2, 0) is 14.3 Å². The highest BCUT2D eigenvalue weighted by molar-refractivity contribution is 5.75. The number of hydrogen-bond acceptors (Lipinski definition) is 5. The van der Waals surface area contributed by atoms with E-state index in [1.165, 1.54) is 7.11 Å². The zero-order chi connectivity index (χ0) is 12.1. The molecule has 2 N–H and O–H groups in total. The van der Waals surface area contributed by atoms with Crippen molar-refractivity contribution in [1.82, 2.24) is 4.90 Å². The Morgan fingerprint density at radius 3 is 2.56 bits per heavy atom. The number of esters is 1. The fraction of sp³-hybridized carbons (Fsp3) is 0.909. The molecular weight excluding hydrogens is 208 g/mol. The summed E-state index contributed by atoms with van der Waals surface area (Å²) in [7, 11) is 1.36. The molecule has 0 radical (unpaired) electrons. The maximum atomic E-state index is 11.1. The zero-order valence-electron chi connectivity index (χ0n) is 10.3. The fourth-order valence-corrected chi connectivity index (χ4v) is 2.06. The van der Waals surface area contributed by atoms with Gasteiger partial charge in [-0.2, -0.15) is 0 Å². The molecule has 0 bridgehead atoms. The molecule has 0 aromatic carbocycles. The highest BCUT2D eigenvalue weighted by atomic mass is 16.5. The number of methoxy groups -OCH3 is 1. The first kappa shape index (κ1) is 13.4. The molecule has 3 atom stereocenters. The van der Waals surface area contributed by atoms with Gasteiger partial charge in [0.15, 0.2) is 0 Å². The van der Waals surface area contributed by atoms with Crippen molar-refractivity contribution in [2.75, 3.05) is 26.7 Å². The summed E-state index contributed by atoms with van der Waals surface area (Å²) in [6.07, 6.45) is 1.13. The first-order chi connectivity index (χ1) is 7.52. The van der Waals surface area contributed by atoms with Crippen molar-refractivity contribution in [2.45, 2.75) is 38.5 Å². The van der Waals surface area contributed by atoms with Crippen LogP contribution in [0.5, 0.6) is 0 Å². The van der Waals surface area contributed by atoms with Gasteiger partial charge in [-0.15, -0.1) is 0 Å². The highest BCUT2D eigenvalue weighted by Gasteiger charge is 2.23. The Morgan fingerprint density at radius 1 is 1.50 bits per heavy atom. The van der Waals surface area contributed by atoms with Gasteiger partial charge in [-0.25, -0.2) is 0 Å². The van der Waals surface area contributed by atoms with E-state index in [-0.39, 0.29) is 18.2 Å². The van der Waals surface area contributed by atoms with Crippen molar-refractivity contribution in [2.24, 2.45) is 5.73 Å². The van der Waals surface area contributed by atoms with Crippen molar-refractivity contribution in [3.8, 4) is 0 Å². The van der Waals surface area contributed by atoms with Crippen molar-refractivity contribution < 1.29 is 14.3 Å². The summed E-state index contributed by atoms with van der Waals surface area (Å²) in [6.45, 7) is 6.73. The lowest BCUT2D eigenvalue weighted by Gasteiger charge is -2.35. The van der Waals surface area contributed by atoms with Crippen molar-refractivity contribution in [3.05, 3.63) is 0 Å². The molecule has 0 saturated carbocycles. The van der Waals surface area contributed by atoms with E-state index in [0.717, 1.165) is 19.6 Å². The average molecular weight is 230 g/mol. The quantitative estimate of drug-likeness (QED) is 0.688. The minimum absolute atomic E-state index is 0.248. The Bertz CT molecular complexity index is 225. The zero-order valence-corrected chi connectivity index (χ0v) is 10.3. The lowest BCUT2D eigenvalue weighted by molar-refractivity contribution is -0.142. The van der Waals surface area contributed by atoms with Crippen LogP contribution < -0.4 is 5.73 Å². The molecule has 5 nitrogen and oxygen atoms in total. The Kier molecular flexibility index (Phi) is 5.18. The molecule has 0 aromatic rings. The van der Waals surface area contributed by atoms with Crippen LogP contribution >= 0.6 is 0 Å². The van der Waals surface area contributed by atoms with Crippen LogP contribution in [0.25, 0.3) is 0 Å². The van der Waals surface area contributed by atoms with Gasteiger partial charge < -0.3 is 15.2 Å². The number of nitrogens with zero attached hydrogens (tertiary/aromatic N) is 1. The predicted octanol–water partition coefficient (Wildman–Crippen LogP) is -0.0140. The minimum Gasteiger partial charge on any atom is -0.468 e. The Morgan fingerprint density at radius 2 is 2.06 bits per heavy atom. The molecule has 0 aliphatic carbocycles. The normalized spacial score (nSPS) is 28.8. The third-order valence-electron chi connectivity index (χ3n) is 2.76. The van der Waals surface area contributed by atoms with Crippen molar-refractivity contribution in [3.63, 3.8) is 0 Å². The molecule has 0 spiro atoms. The largest absolute Gasteiger partial charge is 0.468 e. The standard InChI is InChI=1S/C11H22N2O3/c1-8-6-13(7-9(2)16-8)5-4-10(12)11(14)15-3/h8-10H,4-7,12H2,1-3H3/t8-,9+,10?. The second-order valence-electron chi connectivity index (χ2n) is 4.44. The van der Waals surface area contributed by atoms with Crippen LogP contribution in [0.1, 0.15) is 20.3 Å². The van der Waals surface area contributed by atoms with Crippen LogP contribution in [0, 0.1) is 0 Å². The molecule has 1 rings (SSSR count). The lowest BCUT2D eigenvalue weighted by Crippen LogP contribution is -2.47. The Hall–Kier alpha value is -0.650. The third-order valence-corrected chi connectivity index (χ3v) is 2.76. The van der Waals surface area contributed by atoms with E-state index in [0.29, 0.717) is 6.42 Å². The van der Waals surface area contributed by atoms with E-state index < -0.39 is 6.04 Å². The number of morpholine rings is 1. The molecule has 0 amide bonds. The van der Waals surface area contributed by atoms with Gasteiger partial charge in [-0.3, -0.25) is 9.69 Å². The first-order valence-corrected chi connectivity index (χ1v) is 5.74. The summed E-state index contributed by atoms with van der Waals surface area (Å²) in [5, 5.41) is 0. The van der Waals surface area contributed by atoms with Crippen molar-refractivity contribution >= 4 is 5.97 Å². The summed E-state index contributed by atoms with van der Waals surface area (Å²) in [4.78, 5) is 13.4. The smallest absolute Gasteiger partial charge is 0.322 e. The van der Waals surface area contributed by atoms with Crippen LogP contribution in [0.4, 0.5) is 0 Å². The number of rotatable bonds is 4. The van der Waals surface area contributed by atoms with Gasteiger partial charge in [0.2, 0.25) is 0 Å². The van der Waals surface area contributed by atoms with E-state index in [1.54, 1.807) is 0 Å². The second kappa shape index (κ2) is 6.18. The van der Waals surface area contributed by atoms with E-state index in [4.69, 9.17) is 10.5 Å². The van der Waals surface area contributed by atoms with Gasteiger partial charge in [0.1, 0.15) is 6.04 Å².